The molecule has 10 heteroatoms. The third-order valence-electron chi connectivity index (χ3n) is 5.63. The number of aromatic nitrogens is 6. The quantitative estimate of drug-likeness (QED) is 0.431. The molecule has 0 radical (unpaired) electrons. The lowest BCUT2D eigenvalue weighted by molar-refractivity contribution is -0.116. The van der Waals surface area contributed by atoms with Crippen LogP contribution in [0.2, 0.25) is 0 Å². The van der Waals surface area contributed by atoms with Crippen LogP contribution in [0.3, 0.4) is 0 Å². The summed E-state index contributed by atoms with van der Waals surface area (Å²) in [6.07, 6.45) is 1.61. The van der Waals surface area contributed by atoms with E-state index in [1.165, 1.54) is 17.9 Å². The van der Waals surface area contributed by atoms with Gasteiger partial charge in [0.15, 0.2) is 11.2 Å². The number of fused-ring (bicyclic) bond motifs is 2. The highest BCUT2D eigenvalue weighted by Gasteiger charge is 2.15. The summed E-state index contributed by atoms with van der Waals surface area (Å²) in [6.45, 7) is 0.257. The molecule has 0 spiro atoms. The maximum absolute atomic E-state index is 12.5. The number of imidazole rings is 2. The molecule has 0 unspecified atom stereocenters. The Kier molecular flexibility index (Phi) is 4.89. The number of rotatable bonds is 5. The van der Waals surface area contributed by atoms with Crippen LogP contribution in [0.1, 0.15) is 6.42 Å². The van der Waals surface area contributed by atoms with Gasteiger partial charge in [-0.3, -0.25) is 18.7 Å². The lowest BCUT2D eigenvalue weighted by Gasteiger charge is -2.08. The molecule has 5 aromatic rings. The Morgan fingerprint density at radius 1 is 1.03 bits per heavy atom. The molecule has 0 aliphatic heterocycles. The summed E-state index contributed by atoms with van der Waals surface area (Å²) in [4.78, 5) is 49.1. The molecule has 0 atom stereocenters. The molecule has 0 bridgehead atoms. The SMILES string of the molecule is Cn1c(=O)c2c(ncn2CCC(=O)Nc2ccc(-c3nc4ccccc4[nH]3)cc2)n(C)c1=O. The predicted octanol–water partition coefficient (Wildman–Crippen LogP) is 2.01. The standard InChI is InChI=1S/C23H21N7O3/c1-28-21-19(22(32)29(2)23(28)33)30(13-24-21)12-11-18(31)25-15-9-7-14(8-10-15)20-26-16-5-3-4-6-17(16)27-20/h3-10,13H,11-12H2,1-2H3,(H,25,31)(H,26,27). The van der Waals surface area contributed by atoms with Crippen molar-refractivity contribution in [3.8, 4) is 11.4 Å². The van der Waals surface area contributed by atoms with Gasteiger partial charge in [0.2, 0.25) is 5.91 Å². The third kappa shape index (κ3) is 3.61. The van der Waals surface area contributed by atoms with E-state index in [1.54, 1.807) is 11.6 Å². The second kappa shape index (κ2) is 7.90. The number of nitrogens with zero attached hydrogens (tertiary/aromatic N) is 5. The highest BCUT2D eigenvalue weighted by atomic mass is 16.2. The number of hydrogen-bond acceptors (Lipinski definition) is 5. The van der Waals surface area contributed by atoms with Crippen LogP contribution in [0.15, 0.2) is 64.4 Å². The molecular weight excluding hydrogens is 422 g/mol. The van der Waals surface area contributed by atoms with E-state index in [9.17, 15) is 14.4 Å². The molecule has 0 saturated carbocycles. The first kappa shape index (κ1) is 20.4. The van der Waals surface area contributed by atoms with Crippen molar-refractivity contribution in [1.29, 1.82) is 0 Å². The fourth-order valence-corrected chi connectivity index (χ4v) is 3.81. The monoisotopic (exact) mass is 443 g/mol. The van der Waals surface area contributed by atoms with Gasteiger partial charge < -0.3 is 14.9 Å². The average molecular weight is 443 g/mol. The van der Waals surface area contributed by atoms with E-state index in [1.807, 2.05) is 48.5 Å². The number of benzene rings is 2. The summed E-state index contributed by atoms with van der Waals surface area (Å²) in [7, 11) is 2.98. The van der Waals surface area contributed by atoms with Gasteiger partial charge in [0.1, 0.15) is 5.82 Å². The van der Waals surface area contributed by atoms with Crippen LogP contribution in [0, 0.1) is 0 Å². The smallest absolute Gasteiger partial charge is 0.332 e. The third-order valence-corrected chi connectivity index (χ3v) is 5.63. The number of hydrogen-bond donors (Lipinski definition) is 2. The molecule has 3 heterocycles. The van der Waals surface area contributed by atoms with E-state index in [0.29, 0.717) is 16.9 Å². The minimum atomic E-state index is -0.443. The molecule has 5 rings (SSSR count). The largest absolute Gasteiger partial charge is 0.338 e. The van der Waals surface area contributed by atoms with Crippen LogP contribution < -0.4 is 16.6 Å². The average Bonchev–Trinajstić information content (AvgIpc) is 3.45. The van der Waals surface area contributed by atoms with Crippen LogP contribution in [0.4, 0.5) is 5.69 Å². The molecule has 10 nitrogen and oxygen atoms in total. The van der Waals surface area contributed by atoms with E-state index < -0.39 is 11.2 Å². The number of para-hydroxylation sites is 2. The Morgan fingerprint density at radius 3 is 2.55 bits per heavy atom. The minimum absolute atomic E-state index is 0.142. The van der Waals surface area contributed by atoms with E-state index in [4.69, 9.17) is 0 Å². The van der Waals surface area contributed by atoms with Crippen molar-refractivity contribution in [2.45, 2.75) is 13.0 Å². The summed E-state index contributed by atoms with van der Waals surface area (Å²) >= 11 is 0. The molecule has 0 fully saturated rings. The fraction of sp³-hybridized carbons (Fsp3) is 0.174. The molecule has 166 valence electrons. The van der Waals surface area contributed by atoms with Crippen molar-refractivity contribution in [3.05, 3.63) is 75.7 Å². The number of carbonyl (C=O) groups is 1. The summed E-state index contributed by atoms with van der Waals surface area (Å²) in [5.74, 6) is 0.562. The van der Waals surface area contributed by atoms with Gasteiger partial charge in [0.05, 0.1) is 17.4 Å². The highest BCUT2D eigenvalue weighted by Crippen LogP contribution is 2.22. The molecule has 1 amide bonds. The number of aryl methyl sites for hydroxylation is 2. The number of anilines is 1. The lowest BCUT2D eigenvalue weighted by Crippen LogP contribution is -2.37. The summed E-state index contributed by atoms with van der Waals surface area (Å²) < 4.78 is 3.95. The molecule has 2 N–H and O–H groups in total. The van der Waals surface area contributed by atoms with Gasteiger partial charge in [-0.15, -0.1) is 0 Å². The Hall–Kier alpha value is -4.47. The van der Waals surface area contributed by atoms with Gasteiger partial charge >= 0.3 is 5.69 Å². The Morgan fingerprint density at radius 2 is 1.79 bits per heavy atom. The normalized spacial score (nSPS) is 11.3. The van der Waals surface area contributed by atoms with Crippen molar-refractivity contribution >= 4 is 33.8 Å². The van der Waals surface area contributed by atoms with Crippen LogP contribution in [0.5, 0.6) is 0 Å². The first-order chi connectivity index (χ1) is 15.9. The summed E-state index contributed by atoms with van der Waals surface area (Å²) in [5, 5.41) is 2.86. The van der Waals surface area contributed by atoms with Crippen molar-refractivity contribution in [1.82, 2.24) is 28.7 Å². The Bertz CT molecular complexity index is 1590. The molecule has 3 aromatic heterocycles. The maximum atomic E-state index is 12.5. The molecule has 0 saturated heterocycles. The topological polar surface area (TPSA) is 120 Å². The second-order valence-electron chi connectivity index (χ2n) is 7.79. The van der Waals surface area contributed by atoms with Crippen molar-refractivity contribution in [2.75, 3.05) is 5.32 Å². The van der Waals surface area contributed by atoms with E-state index in [-0.39, 0.29) is 18.9 Å². The molecule has 2 aromatic carbocycles. The first-order valence-electron chi connectivity index (χ1n) is 10.4. The number of amides is 1. The molecule has 0 aliphatic carbocycles. The summed E-state index contributed by atoms with van der Waals surface area (Å²) in [5.41, 5.74) is 3.14. The zero-order valence-electron chi connectivity index (χ0n) is 18.1. The molecule has 33 heavy (non-hydrogen) atoms. The fourth-order valence-electron chi connectivity index (χ4n) is 3.81. The summed E-state index contributed by atoms with van der Waals surface area (Å²) in [6, 6.07) is 15.2. The van der Waals surface area contributed by atoms with Crippen LogP contribution in [-0.2, 0) is 25.4 Å². The van der Waals surface area contributed by atoms with E-state index >= 15 is 0 Å². The highest BCUT2D eigenvalue weighted by molar-refractivity contribution is 5.91. The van der Waals surface area contributed by atoms with Gasteiger partial charge in [-0.25, -0.2) is 14.8 Å². The number of carbonyl (C=O) groups excluding carboxylic acids is 1. The maximum Gasteiger partial charge on any atom is 0.332 e. The Balaban J connectivity index is 1.28. The predicted molar refractivity (Wildman–Crippen MR) is 125 cm³/mol. The zero-order chi connectivity index (χ0) is 23.1. The zero-order valence-corrected chi connectivity index (χ0v) is 18.1. The van der Waals surface area contributed by atoms with Gasteiger partial charge in [-0.05, 0) is 36.4 Å². The van der Waals surface area contributed by atoms with E-state index in [2.05, 4.69) is 20.3 Å². The van der Waals surface area contributed by atoms with E-state index in [0.717, 1.165) is 27.0 Å². The first-order valence-corrected chi connectivity index (χ1v) is 10.4. The van der Waals surface area contributed by atoms with Gasteiger partial charge in [-0.1, -0.05) is 12.1 Å². The van der Waals surface area contributed by atoms with Crippen LogP contribution >= 0.6 is 0 Å². The van der Waals surface area contributed by atoms with Gasteiger partial charge in [0, 0.05) is 38.3 Å². The Labute approximate surface area is 187 Å². The van der Waals surface area contributed by atoms with Crippen LogP contribution in [0.25, 0.3) is 33.6 Å². The lowest BCUT2D eigenvalue weighted by atomic mass is 10.2. The van der Waals surface area contributed by atoms with Crippen molar-refractivity contribution < 1.29 is 4.79 Å². The van der Waals surface area contributed by atoms with Gasteiger partial charge in [0.25, 0.3) is 5.56 Å². The minimum Gasteiger partial charge on any atom is -0.338 e. The van der Waals surface area contributed by atoms with Crippen LogP contribution in [-0.4, -0.2) is 34.6 Å². The molecular formula is C23H21N7O3. The molecule has 0 aliphatic rings. The second-order valence-corrected chi connectivity index (χ2v) is 7.79. The number of aromatic amines is 1. The number of nitrogens with one attached hydrogen (secondary N) is 2. The van der Waals surface area contributed by atoms with Gasteiger partial charge in [-0.2, -0.15) is 0 Å². The van der Waals surface area contributed by atoms with Crippen molar-refractivity contribution in [2.24, 2.45) is 14.1 Å². The van der Waals surface area contributed by atoms with Crippen molar-refractivity contribution in [3.63, 3.8) is 0 Å². The number of H-pyrrole nitrogens is 1.